The number of rotatable bonds is 5. The Hall–Kier alpha value is -2.30. The number of hydrogen-bond donors (Lipinski definition) is 2. The van der Waals surface area contributed by atoms with Crippen LogP contribution in [0.2, 0.25) is 5.02 Å². The largest absolute Gasteiger partial charge is 0.418 e. The zero-order chi connectivity index (χ0) is 21.2. The smallest absolute Gasteiger partial charge is 0.368 e. The lowest BCUT2D eigenvalue weighted by atomic mass is 10.1. The quantitative estimate of drug-likeness (QED) is 0.715. The van der Waals surface area contributed by atoms with Crippen LogP contribution in [0.1, 0.15) is 18.4 Å². The first-order valence-electron chi connectivity index (χ1n) is 8.48. The number of alkyl halides is 3. The van der Waals surface area contributed by atoms with Crippen LogP contribution in [-0.4, -0.2) is 27.0 Å². The summed E-state index contributed by atoms with van der Waals surface area (Å²) in [5, 5.41) is 2.49. The highest BCUT2D eigenvalue weighted by atomic mass is 35.5. The fourth-order valence-corrected chi connectivity index (χ4v) is 4.17. The molecule has 0 spiro atoms. The van der Waals surface area contributed by atoms with Gasteiger partial charge in [-0.3, -0.25) is 9.52 Å². The maximum atomic E-state index is 13.5. The molecular weight excluding hydrogens is 433 g/mol. The second kappa shape index (κ2) is 8.21. The first-order valence-corrected chi connectivity index (χ1v) is 10.3. The Morgan fingerprint density at radius 3 is 2.55 bits per heavy atom. The Balaban J connectivity index is 1.89. The van der Waals surface area contributed by atoms with Crippen molar-refractivity contribution in [3.05, 3.63) is 53.1 Å². The molecule has 2 N–H and O–H groups in total. The van der Waals surface area contributed by atoms with Gasteiger partial charge in [0, 0.05) is 17.3 Å². The summed E-state index contributed by atoms with van der Waals surface area (Å²) in [6.45, 7) is 0.413. The van der Waals surface area contributed by atoms with E-state index in [1.165, 1.54) is 24.3 Å². The maximum absolute atomic E-state index is 13.5. The number of carbonyl (C=O) groups is 1. The van der Waals surface area contributed by atoms with Crippen molar-refractivity contribution in [3.63, 3.8) is 0 Å². The number of sulfonamides is 1. The molecule has 156 valence electrons. The second-order valence-electron chi connectivity index (χ2n) is 6.31. The van der Waals surface area contributed by atoms with Gasteiger partial charge >= 0.3 is 6.18 Å². The minimum absolute atomic E-state index is 0.121. The number of ether oxygens (including phenoxy) is 1. The molecule has 0 aromatic heterocycles. The second-order valence-corrected chi connectivity index (χ2v) is 8.43. The van der Waals surface area contributed by atoms with Gasteiger partial charge in [0.15, 0.2) is 0 Å². The molecule has 3 rings (SSSR count). The van der Waals surface area contributed by atoms with Gasteiger partial charge in [-0.05, 0) is 49.2 Å². The van der Waals surface area contributed by atoms with Crippen molar-refractivity contribution in [1.29, 1.82) is 0 Å². The minimum Gasteiger partial charge on any atom is -0.368 e. The lowest BCUT2D eigenvalue weighted by molar-refractivity contribution is -0.137. The molecule has 2 aromatic carbocycles. The van der Waals surface area contributed by atoms with Crippen molar-refractivity contribution >= 4 is 38.9 Å². The number of nitrogens with one attached hydrogen (secondary N) is 2. The number of hydrogen-bond acceptors (Lipinski definition) is 4. The number of carbonyl (C=O) groups excluding carboxylic acids is 1. The number of halogens is 4. The minimum atomic E-state index is -4.86. The van der Waals surface area contributed by atoms with Crippen molar-refractivity contribution in [1.82, 2.24) is 0 Å². The predicted molar refractivity (Wildman–Crippen MR) is 101 cm³/mol. The van der Waals surface area contributed by atoms with E-state index in [9.17, 15) is 26.4 Å². The first-order chi connectivity index (χ1) is 13.6. The van der Waals surface area contributed by atoms with Crippen LogP contribution in [0.15, 0.2) is 47.4 Å². The summed E-state index contributed by atoms with van der Waals surface area (Å²) < 4.78 is 72.6. The molecule has 29 heavy (non-hydrogen) atoms. The van der Waals surface area contributed by atoms with E-state index in [-0.39, 0.29) is 15.6 Å². The van der Waals surface area contributed by atoms with Gasteiger partial charge in [0.25, 0.3) is 15.9 Å². The number of anilines is 2. The zero-order valence-corrected chi connectivity index (χ0v) is 16.4. The molecule has 1 saturated heterocycles. The van der Waals surface area contributed by atoms with Gasteiger partial charge in [-0.1, -0.05) is 17.7 Å². The fraction of sp³-hybridized carbons (Fsp3) is 0.278. The Labute approximate surface area is 170 Å². The molecule has 2 aromatic rings. The summed E-state index contributed by atoms with van der Waals surface area (Å²) in [6.07, 6.45) is -4.41. The molecule has 1 heterocycles. The molecular formula is C18H16ClF3N2O4S. The van der Waals surface area contributed by atoms with Crippen molar-refractivity contribution in [2.75, 3.05) is 16.6 Å². The van der Waals surface area contributed by atoms with Crippen LogP contribution in [0.25, 0.3) is 0 Å². The van der Waals surface area contributed by atoms with E-state index in [1.807, 2.05) is 4.72 Å². The monoisotopic (exact) mass is 448 g/mol. The third-order valence-corrected chi connectivity index (χ3v) is 5.76. The zero-order valence-electron chi connectivity index (χ0n) is 14.8. The van der Waals surface area contributed by atoms with Gasteiger partial charge < -0.3 is 10.1 Å². The van der Waals surface area contributed by atoms with Crippen LogP contribution in [0.5, 0.6) is 0 Å². The molecule has 11 heteroatoms. The lowest BCUT2D eigenvalue weighted by Gasteiger charge is -2.17. The molecule has 1 aliphatic heterocycles. The molecule has 1 fully saturated rings. The average molecular weight is 449 g/mol. The van der Waals surface area contributed by atoms with E-state index >= 15 is 0 Å². The molecule has 1 unspecified atom stereocenters. The third-order valence-electron chi connectivity index (χ3n) is 4.17. The Bertz CT molecular complexity index is 1020. The summed E-state index contributed by atoms with van der Waals surface area (Å²) in [7, 11) is -4.31. The molecule has 6 nitrogen and oxygen atoms in total. The van der Waals surface area contributed by atoms with E-state index in [0.717, 1.165) is 12.1 Å². The molecule has 1 amide bonds. The Morgan fingerprint density at radius 2 is 1.93 bits per heavy atom. The van der Waals surface area contributed by atoms with Crippen LogP contribution < -0.4 is 10.0 Å². The molecule has 0 bridgehead atoms. The van der Waals surface area contributed by atoms with Gasteiger partial charge in [-0.2, -0.15) is 13.2 Å². The summed E-state index contributed by atoms with van der Waals surface area (Å²) in [5.41, 5.74) is -2.04. The van der Waals surface area contributed by atoms with Crippen LogP contribution in [0.4, 0.5) is 24.5 Å². The molecule has 0 radical (unpaired) electrons. The van der Waals surface area contributed by atoms with E-state index < -0.39 is 39.5 Å². The highest BCUT2D eigenvalue weighted by molar-refractivity contribution is 7.92. The van der Waals surface area contributed by atoms with Gasteiger partial charge in [-0.15, -0.1) is 0 Å². The highest BCUT2D eigenvalue weighted by Crippen LogP contribution is 2.37. The van der Waals surface area contributed by atoms with E-state index in [4.69, 9.17) is 16.3 Å². The summed E-state index contributed by atoms with van der Waals surface area (Å²) >= 11 is 5.76. The number of benzene rings is 2. The Kier molecular flexibility index (Phi) is 6.06. The first kappa shape index (κ1) is 21.4. The van der Waals surface area contributed by atoms with E-state index in [1.54, 1.807) is 0 Å². The van der Waals surface area contributed by atoms with Crippen molar-refractivity contribution in [2.45, 2.75) is 30.0 Å². The summed E-state index contributed by atoms with van der Waals surface area (Å²) in [4.78, 5) is 11.8. The van der Waals surface area contributed by atoms with Crippen molar-refractivity contribution in [2.24, 2.45) is 0 Å². The molecule has 1 aliphatic rings. The lowest BCUT2D eigenvalue weighted by Crippen LogP contribution is -2.27. The molecule has 1 atom stereocenters. The van der Waals surface area contributed by atoms with Crippen LogP contribution >= 0.6 is 11.6 Å². The summed E-state index contributed by atoms with van der Waals surface area (Å²) in [5.74, 6) is -0.553. The van der Waals surface area contributed by atoms with Gasteiger partial charge in [0.2, 0.25) is 0 Å². The predicted octanol–water partition coefficient (Wildman–Crippen LogP) is 4.28. The topological polar surface area (TPSA) is 84.5 Å². The van der Waals surface area contributed by atoms with Gasteiger partial charge in [0.1, 0.15) is 6.10 Å². The maximum Gasteiger partial charge on any atom is 0.418 e. The molecule has 0 saturated carbocycles. The van der Waals surface area contributed by atoms with E-state index in [2.05, 4.69) is 5.32 Å². The highest BCUT2D eigenvalue weighted by Gasteiger charge is 2.35. The Morgan fingerprint density at radius 1 is 1.17 bits per heavy atom. The van der Waals surface area contributed by atoms with E-state index in [0.29, 0.717) is 25.5 Å². The standard InChI is InChI=1S/C18H16ClF3N2O4S/c19-11-3-1-4-13(9-11)29(26,27)24-15-7-6-12(10-14(15)18(20,21)22)23-17(25)16-5-2-8-28-16/h1,3-4,6-7,9-10,16,24H,2,5,8H2,(H,23,25). The van der Waals surface area contributed by atoms with Crippen molar-refractivity contribution < 1.29 is 31.1 Å². The van der Waals surface area contributed by atoms with Crippen LogP contribution in [0, 0.1) is 0 Å². The third kappa shape index (κ3) is 5.20. The molecule has 0 aliphatic carbocycles. The van der Waals surface area contributed by atoms with Crippen LogP contribution in [0.3, 0.4) is 0 Å². The van der Waals surface area contributed by atoms with Crippen molar-refractivity contribution in [3.8, 4) is 0 Å². The average Bonchev–Trinajstić information content (AvgIpc) is 3.17. The SMILES string of the molecule is O=C(Nc1ccc(NS(=O)(=O)c2cccc(Cl)c2)c(C(F)(F)F)c1)C1CCCO1. The summed E-state index contributed by atoms with van der Waals surface area (Å²) in [6, 6.07) is 7.92. The fourth-order valence-electron chi connectivity index (χ4n) is 2.79. The van der Waals surface area contributed by atoms with Crippen LogP contribution in [-0.2, 0) is 25.7 Å². The normalized spacial score (nSPS) is 17.2. The van der Waals surface area contributed by atoms with Gasteiger partial charge in [-0.25, -0.2) is 8.42 Å². The number of amides is 1. The van der Waals surface area contributed by atoms with Gasteiger partial charge in [0.05, 0.1) is 16.1 Å².